The Morgan fingerprint density at radius 2 is 2.25 bits per heavy atom. The topological polar surface area (TPSA) is 24.9 Å². The molecule has 0 fully saturated rings. The molecule has 3 heteroatoms. The summed E-state index contributed by atoms with van der Waals surface area (Å²) in [6.07, 6.45) is 0. The van der Waals surface area contributed by atoms with Crippen molar-refractivity contribution < 1.29 is 0 Å². The molecule has 64 valence electrons. The van der Waals surface area contributed by atoms with Crippen molar-refractivity contribution in [1.82, 2.24) is 4.98 Å². The molecule has 0 aliphatic heterocycles. The molecule has 0 saturated heterocycles. The highest BCUT2D eigenvalue weighted by Gasteiger charge is 1.97. The van der Waals surface area contributed by atoms with E-state index in [1.54, 1.807) is 0 Å². The lowest BCUT2D eigenvalue weighted by atomic mass is 10.3. The van der Waals surface area contributed by atoms with E-state index in [0.717, 1.165) is 17.1 Å². The molecule has 0 aliphatic rings. The van der Waals surface area contributed by atoms with Crippen molar-refractivity contribution in [2.24, 2.45) is 0 Å². The van der Waals surface area contributed by atoms with E-state index in [2.05, 4.69) is 16.9 Å². The largest absolute Gasteiger partial charge is 0.345 e. The summed E-state index contributed by atoms with van der Waals surface area (Å²) in [6.45, 7) is 7.50. The van der Waals surface area contributed by atoms with E-state index in [1.807, 2.05) is 26.0 Å². The molecule has 0 aliphatic carbocycles. The zero-order chi connectivity index (χ0) is 9.14. The zero-order valence-electron chi connectivity index (χ0n) is 7.19. The fraction of sp³-hybridized carbons (Fsp3) is 0.222. The fourth-order valence-corrected chi connectivity index (χ4v) is 0.946. The van der Waals surface area contributed by atoms with Crippen LogP contribution in [0.25, 0.3) is 0 Å². The Balaban J connectivity index is 2.89. The Hall–Kier alpha value is -1.02. The normalized spacial score (nSPS) is 9.58. The lowest BCUT2D eigenvalue weighted by Crippen LogP contribution is -1.96. The van der Waals surface area contributed by atoms with Gasteiger partial charge in [0.25, 0.3) is 0 Å². The molecular weight excluding hydrogens is 172 g/mol. The molecule has 12 heavy (non-hydrogen) atoms. The Morgan fingerprint density at radius 1 is 1.58 bits per heavy atom. The van der Waals surface area contributed by atoms with Crippen molar-refractivity contribution in [3.05, 3.63) is 35.1 Å². The van der Waals surface area contributed by atoms with Crippen LogP contribution in [-0.2, 0) is 0 Å². The van der Waals surface area contributed by atoms with Gasteiger partial charge in [0.15, 0.2) is 0 Å². The van der Waals surface area contributed by atoms with Crippen molar-refractivity contribution in [3.63, 3.8) is 0 Å². The predicted octanol–water partition coefficient (Wildman–Crippen LogP) is 2.99. The van der Waals surface area contributed by atoms with Gasteiger partial charge in [-0.1, -0.05) is 24.2 Å². The van der Waals surface area contributed by atoms with Gasteiger partial charge in [-0.3, -0.25) is 0 Å². The summed E-state index contributed by atoms with van der Waals surface area (Å²) in [5, 5.41) is 3.51. The molecule has 0 spiro atoms. The third-order valence-corrected chi connectivity index (χ3v) is 1.76. The lowest BCUT2D eigenvalue weighted by Gasteiger charge is -2.04. The van der Waals surface area contributed by atoms with E-state index < -0.39 is 0 Å². The van der Waals surface area contributed by atoms with Gasteiger partial charge < -0.3 is 5.32 Å². The van der Waals surface area contributed by atoms with Crippen LogP contribution in [0, 0.1) is 6.92 Å². The highest BCUT2D eigenvalue weighted by Crippen LogP contribution is 2.15. The number of aromatic nitrogens is 1. The highest BCUT2D eigenvalue weighted by molar-refractivity contribution is 6.30. The second-order valence-corrected chi connectivity index (χ2v) is 3.07. The van der Waals surface area contributed by atoms with Crippen LogP contribution in [0.3, 0.4) is 0 Å². The molecule has 0 atom stereocenters. The number of nitrogens with one attached hydrogen (secondary N) is 1. The fourth-order valence-electron chi connectivity index (χ4n) is 0.792. The second kappa shape index (κ2) is 3.59. The molecule has 0 radical (unpaired) electrons. The average molecular weight is 183 g/mol. The third kappa shape index (κ3) is 2.24. The molecule has 0 amide bonds. The number of aryl methyl sites for hydroxylation is 1. The summed E-state index contributed by atoms with van der Waals surface area (Å²) < 4.78 is 0. The molecule has 1 heterocycles. The number of rotatable bonds is 2. The summed E-state index contributed by atoms with van der Waals surface area (Å²) in [5.74, 6) is 0.734. The van der Waals surface area contributed by atoms with Crippen molar-refractivity contribution in [2.45, 2.75) is 13.8 Å². The smallest absolute Gasteiger partial charge is 0.134 e. The van der Waals surface area contributed by atoms with Gasteiger partial charge >= 0.3 is 0 Å². The number of halogens is 1. The van der Waals surface area contributed by atoms with Gasteiger partial charge in [-0.25, -0.2) is 4.98 Å². The first kappa shape index (κ1) is 9.07. The summed E-state index contributed by atoms with van der Waals surface area (Å²) in [7, 11) is 0. The van der Waals surface area contributed by atoms with Gasteiger partial charge in [-0.05, 0) is 25.5 Å². The quantitative estimate of drug-likeness (QED) is 0.712. The Bertz CT molecular complexity index is 307. The molecule has 2 nitrogen and oxygen atoms in total. The summed E-state index contributed by atoms with van der Waals surface area (Å²) in [5.41, 5.74) is 1.83. The van der Waals surface area contributed by atoms with Gasteiger partial charge in [-0.15, -0.1) is 0 Å². The molecule has 0 aromatic carbocycles. The molecular formula is C9H11ClN2. The molecule has 1 N–H and O–H groups in total. The van der Waals surface area contributed by atoms with Gasteiger partial charge in [0.05, 0.1) is 0 Å². The Morgan fingerprint density at radius 3 is 2.75 bits per heavy atom. The molecule has 1 aromatic heterocycles. The van der Waals surface area contributed by atoms with E-state index in [-0.39, 0.29) is 0 Å². The maximum atomic E-state index is 5.82. The second-order valence-electron chi connectivity index (χ2n) is 2.71. The molecule has 0 bridgehead atoms. The van der Waals surface area contributed by atoms with Crippen LogP contribution in [0.5, 0.6) is 0 Å². The number of hydrogen-bond donors (Lipinski definition) is 1. The molecule has 1 rings (SSSR count). The maximum absolute atomic E-state index is 5.82. The zero-order valence-corrected chi connectivity index (χ0v) is 7.94. The van der Waals surface area contributed by atoms with E-state index in [0.29, 0.717) is 5.15 Å². The van der Waals surface area contributed by atoms with Gasteiger partial charge in [0.1, 0.15) is 11.0 Å². The first-order chi connectivity index (χ1) is 5.59. The van der Waals surface area contributed by atoms with Crippen LogP contribution in [-0.4, -0.2) is 4.98 Å². The SMILES string of the molecule is C=C(C)Nc1ccc(C)c(Cl)n1. The highest BCUT2D eigenvalue weighted by atomic mass is 35.5. The van der Waals surface area contributed by atoms with Crippen molar-refractivity contribution in [1.29, 1.82) is 0 Å². The monoisotopic (exact) mass is 182 g/mol. The van der Waals surface area contributed by atoms with Gasteiger partial charge in [-0.2, -0.15) is 0 Å². The van der Waals surface area contributed by atoms with E-state index in [1.165, 1.54) is 0 Å². The van der Waals surface area contributed by atoms with Crippen LogP contribution < -0.4 is 5.32 Å². The third-order valence-electron chi connectivity index (χ3n) is 1.38. The molecule has 1 aromatic rings. The van der Waals surface area contributed by atoms with E-state index >= 15 is 0 Å². The lowest BCUT2D eigenvalue weighted by molar-refractivity contribution is 1.23. The number of anilines is 1. The van der Waals surface area contributed by atoms with Crippen LogP contribution in [0.15, 0.2) is 24.4 Å². The van der Waals surface area contributed by atoms with Crippen molar-refractivity contribution in [3.8, 4) is 0 Å². The van der Waals surface area contributed by atoms with Crippen molar-refractivity contribution in [2.75, 3.05) is 5.32 Å². The van der Waals surface area contributed by atoms with Gasteiger partial charge in [0.2, 0.25) is 0 Å². The minimum atomic E-state index is 0.529. The van der Waals surface area contributed by atoms with Crippen LogP contribution in [0.4, 0.5) is 5.82 Å². The van der Waals surface area contributed by atoms with E-state index in [4.69, 9.17) is 11.6 Å². The standard InChI is InChI=1S/C9H11ClN2/c1-6(2)11-8-5-4-7(3)9(10)12-8/h4-5H,1H2,2-3H3,(H,11,12). The van der Waals surface area contributed by atoms with Crippen LogP contribution in [0.1, 0.15) is 12.5 Å². The molecule has 0 saturated carbocycles. The summed E-state index contributed by atoms with van der Waals surface area (Å²) >= 11 is 5.82. The average Bonchev–Trinajstić information content (AvgIpc) is 1.96. The van der Waals surface area contributed by atoms with Crippen LogP contribution in [0.2, 0.25) is 5.15 Å². The number of pyridine rings is 1. The minimum Gasteiger partial charge on any atom is -0.345 e. The predicted molar refractivity (Wildman–Crippen MR) is 52.4 cm³/mol. The van der Waals surface area contributed by atoms with Crippen molar-refractivity contribution >= 4 is 17.4 Å². The molecule has 0 unspecified atom stereocenters. The summed E-state index contributed by atoms with van der Waals surface area (Å²) in [4.78, 5) is 4.11. The number of hydrogen-bond acceptors (Lipinski definition) is 2. The number of allylic oxidation sites excluding steroid dienone is 1. The van der Waals surface area contributed by atoms with Gasteiger partial charge in [0, 0.05) is 5.70 Å². The number of nitrogens with zero attached hydrogens (tertiary/aromatic N) is 1. The maximum Gasteiger partial charge on any atom is 0.134 e. The Kier molecular flexibility index (Phi) is 2.71. The Labute approximate surface area is 77.3 Å². The van der Waals surface area contributed by atoms with Crippen LogP contribution >= 0.6 is 11.6 Å². The minimum absolute atomic E-state index is 0.529. The van der Waals surface area contributed by atoms with E-state index in [9.17, 15) is 0 Å². The first-order valence-electron chi connectivity index (χ1n) is 3.65. The first-order valence-corrected chi connectivity index (χ1v) is 4.03. The summed E-state index contributed by atoms with van der Waals surface area (Å²) in [6, 6.07) is 3.79.